The topological polar surface area (TPSA) is 67.8 Å². The number of rotatable bonds is 8. The van der Waals surface area contributed by atoms with Crippen LogP contribution in [0, 0.1) is 0 Å². The second-order valence-corrected chi connectivity index (χ2v) is 6.70. The molecule has 1 atom stereocenters. The normalized spacial score (nSPS) is 17.2. The van der Waals surface area contributed by atoms with E-state index in [1.54, 1.807) is 14.2 Å². The van der Waals surface area contributed by atoms with E-state index in [4.69, 9.17) is 9.47 Å². The fraction of sp³-hybridized carbons (Fsp3) is 0.625. The zero-order chi connectivity index (χ0) is 16.3. The Morgan fingerprint density at radius 1 is 1.38 bits per heavy atom. The lowest BCUT2D eigenvalue weighted by Crippen LogP contribution is -2.39. The molecule has 0 aromatic carbocycles. The Morgan fingerprint density at radius 3 is 2.88 bits per heavy atom. The maximum Gasteiger partial charge on any atom is 0.213 e. The monoisotopic (exact) mass is 466 g/mol. The van der Waals surface area contributed by atoms with Gasteiger partial charge in [0.1, 0.15) is 6.61 Å². The predicted octanol–water partition coefficient (Wildman–Crippen LogP) is 2.29. The van der Waals surface area contributed by atoms with Crippen molar-refractivity contribution in [3.8, 4) is 5.88 Å². The Labute approximate surface area is 165 Å². The second kappa shape index (κ2) is 12.6. The average molecular weight is 466 g/mol. The third kappa shape index (κ3) is 7.89. The number of hydrogen-bond donors (Lipinski definition) is 2. The minimum absolute atomic E-state index is 0. The van der Waals surface area contributed by atoms with Gasteiger partial charge in [-0.25, -0.2) is 4.98 Å². The Hall–Kier alpha value is -0.740. The molecule has 1 saturated heterocycles. The first-order chi connectivity index (χ1) is 11.3. The van der Waals surface area contributed by atoms with Gasteiger partial charge in [-0.3, -0.25) is 4.99 Å². The molecule has 1 unspecified atom stereocenters. The van der Waals surface area contributed by atoms with E-state index >= 15 is 0 Å². The first-order valence-corrected chi connectivity index (χ1v) is 8.99. The van der Waals surface area contributed by atoms with E-state index in [2.05, 4.69) is 20.6 Å². The number of aliphatic imine (C=N–C) groups is 1. The molecule has 24 heavy (non-hydrogen) atoms. The van der Waals surface area contributed by atoms with Crippen molar-refractivity contribution in [2.75, 3.05) is 39.7 Å². The van der Waals surface area contributed by atoms with Crippen LogP contribution in [0.1, 0.15) is 18.4 Å². The number of thioether (sulfide) groups is 1. The number of aromatic nitrogens is 1. The van der Waals surface area contributed by atoms with Gasteiger partial charge >= 0.3 is 0 Å². The molecular weight excluding hydrogens is 439 g/mol. The summed E-state index contributed by atoms with van der Waals surface area (Å²) in [6.07, 6.45) is 4.44. The molecule has 8 heteroatoms. The number of hydrogen-bond acceptors (Lipinski definition) is 5. The largest absolute Gasteiger partial charge is 0.475 e. The molecule has 0 aliphatic carbocycles. The van der Waals surface area contributed by atoms with E-state index in [9.17, 15) is 0 Å². The van der Waals surface area contributed by atoms with E-state index < -0.39 is 0 Å². The number of guanidine groups is 1. The summed E-state index contributed by atoms with van der Waals surface area (Å²) in [5, 5.41) is 7.40. The van der Waals surface area contributed by atoms with E-state index in [1.807, 2.05) is 30.1 Å². The molecule has 1 fully saturated rings. The molecule has 2 rings (SSSR count). The quantitative estimate of drug-likeness (QED) is 0.265. The zero-order valence-electron chi connectivity index (χ0n) is 14.3. The standard InChI is InChI=1S/C16H26N4O2S.HI/c1-17-16(20-12-14-4-3-9-23-14)19-11-13-5-6-15(18-10-13)22-8-7-21-2;/h5-6,10,14H,3-4,7-9,11-12H2,1-2H3,(H2,17,19,20);1H. The van der Waals surface area contributed by atoms with Gasteiger partial charge in [0.05, 0.1) is 6.61 Å². The van der Waals surface area contributed by atoms with Crippen molar-refractivity contribution >= 4 is 41.7 Å². The SMILES string of the molecule is CN=C(NCc1ccc(OCCOC)nc1)NCC1CCCS1.I. The van der Waals surface area contributed by atoms with E-state index in [0.29, 0.717) is 30.9 Å². The van der Waals surface area contributed by atoms with Crippen LogP contribution < -0.4 is 15.4 Å². The number of halogens is 1. The predicted molar refractivity (Wildman–Crippen MR) is 111 cm³/mol. The van der Waals surface area contributed by atoms with Crippen molar-refractivity contribution in [2.45, 2.75) is 24.6 Å². The zero-order valence-corrected chi connectivity index (χ0v) is 17.4. The highest BCUT2D eigenvalue weighted by molar-refractivity contribution is 14.0. The van der Waals surface area contributed by atoms with E-state index in [0.717, 1.165) is 18.1 Å². The van der Waals surface area contributed by atoms with Gasteiger partial charge in [-0.1, -0.05) is 6.07 Å². The number of methoxy groups -OCH3 is 1. The van der Waals surface area contributed by atoms with Crippen LogP contribution in [-0.4, -0.2) is 55.9 Å². The van der Waals surface area contributed by atoms with Crippen molar-refractivity contribution in [2.24, 2.45) is 4.99 Å². The lowest BCUT2D eigenvalue weighted by Gasteiger charge is -2.14. The van der Waals surface area contributed by atoms with Gasteiger partial charge in [0.15, 0.2) is 5.96 Å². The molecule has 6 nitrogen and oxygen atoms in total. The van der Waals surface area contributed by atoms with Crippen molar-refractivity contribution in [3.63, 3.8) is 0 Å². The van der Waals surface area contributed by atoms with Gasteiger partial charge in [0.25, 0.3) is 0 Å². The van der Waals surface area contributed by atoms with Crippen LogP contribution in [0.15, 0.2) is 23.3 Å². The van der Waals surface area contributed by atoms with E-state index in [-0.39, 0.29) is 24.0 Å². The van der Waals surface area contributed by atoms with Crippen molar-refractivity contribution in [1.82, 2.24) is 15.6 Å². The first kappa shape index (κ1) is 21.3. The maximum atomic E-state index is 5.45. The Morgan fingerprint density at radius 2 is 2.25 bits per heavy atom. The molecule has 0 spiro atoms. The fourth-order valence-electron chi connectivity index (χ4n) is 2.25. The maximum absolute atomic E-state index is 5.45. The van der Waals surface area contributed by atoms with Crippen LogP contribution in [0.3, 0.4) is 0 Å². The summed E-state index contributed by atoms with van der Waals surface area (Å²) < 4.78 is 10.4. The highest BCUT2D eigenvalue weighted by atomic mass is 127. The number of nitrogens with one attached hydrogen (secondary N) is 2. The number of nitrogens with zero attached hydrogens (tertiary/aromatic N) is 2. The molecule has 2 N–H and O–H groups in total. The summed E-state index contributed by atoms with van der Waals surface area (Å²) >= 11 is 2.04. The Balaban J connectivity index is 0.00000288. The molecule has 1 aliphatic rings. The van der Waals surface area contributed by atoms with Gasteiger partial charge in [-0.2, -0.15) is 11.8 Å². The van der Waals surface area contributed by atoms with E-state index in [1.165, 1.54) is 18.6 Å². The summed E-state index contributed by atoms with van der Waals surface area (Å²) in [5.74, 6) is 2.73. The average Bonchev–Trinajstić information content (AvgIpc) is 3.10. The summed E-state index contributed by atoms with van der Waals surface area (Å²) in [6, 6.07) is 3.88. The molecule has 0 amide bonds. The van der Waals surface area contributed by atoms with Crippen molar-refractivity contribution in [3.05, 3.63) is 23.9 Å². The Kier molecular flexibility index (Phi) is 11.2. The Bertz CT molecular complexity index is 481. The molecule has 1 aromatic rings. The first-order valence-electron chi connectivity index (χ1n) is 7.94. The fourth-order valence-corrected chi connectivity index (χ4v) is 3.45. The van der Waals surface area contributed by atoms with Gasteiger partial charge in [0.2, 0.25) is 5.88 Å². The molecule has 136 valence electrons. The van der Waals surface area contributed by atoms with Crippen LogP contribution in [-0.2, 0) is 11.3 Å². The minimum Gasteiger partial charge on any atom is -0.475 e. The van der Waals surface area contributed by atoms with Gasteiger partial charge < -0.3 is 20.1 Å². The summed E-state index contributed by atoms with van der Waals surface area (Å²) in [6.45, 7) is 2.72. The van der Waals surface area contributed by atoms with Gasteiger partial charge in [-0.15, -0.1) is 24.0 Å². The molecule has 0 radical (unpaired) electrons. The van der Waals surface area contributed by atoms with Crippen molar-refractivity contribution < 1.29 is 9.47 Å². The third-order valence-corrected chi connectivity index (χ3v) is 4.94. The van der Waals surface area contributed by atoms with Crippen molar-refractivity contribution in [1.29, 1.82) is 0 Å². The summed E-state index contributed by atoms with van der Waals surface area (Å²) in [7, 11) is 3.44. The van der Waals surface area contributed by atoms with Gasteiger partial charge in [0, 0.05) is 44.8 Å². The van der Waals surface area contributed by atoms with Gasteiger partial charge in [-0.05, 0) is 24.2 Å². The molecule has 0 saturated carbocycles. The molecule has 1 aliphatic heterocycles. The van der Waals surface area contributed by atoms with Crippen LogP contribution in [0.2, 0.25) is 0 Å². The van der Waals surface area contributed by atoms with Crippen LogP contribution in [0.25, 0.3) is 0 Å². The third-order valence-electron chi connectivity index (χ3n) is 3.54. The smallest absolute Gasteiger partial charge is 0.213 e. The highest BCUT2D eigenvalue weighted by Crippen LogP contribution is 2.25. The van der Waals surface area contributed by atoms with Crippen LogP contribution in [0.5, 0.6) is 5.88 Å². The molecular formula is C16H27IN4O2S. The molecule has 0 bridgehead atoms. The van der Waals surface area contributed by atoms with Crippen LogP contribution >= 0.6 is 35.7 Å². The lowest BCUT2D eigenvalue weighted by atomic mass is 10.2. The minimum atomic E-state index is 0. The second-order valence-electron chi connectivity index (χ2n) is 5.29. The molecule has 1 aromatic heterocycles. The lowest BCUT2D eigenvalue weighted by molar-refractivity contribution is 0.143. The number of ether oxygens (including phenoxy) is 2. The van der Waals surface area contributed by atoms with Crippen LogP contribution in [0.4, 0.5) is 0 Å². The molecule has 2 heterocycles. The number of pyridine rings is 1. The highest BCUT2D eigenvalue weighted by Gasteiger charge is 2.15. The summed E-state index contributed by atoms with van der Waals surface area (Å²) in [4.78, 5) is 8.54. The summed E-state index contributed by atoms with van der Waals surface area (Å²) in [5.41, 5.74) is 1.09.